The van der Waals surface area contributed by atoms with E-state index >= 15 is 0 Å². The predicted octanol–water partition coefficient (Wildman–Crippen LogP) is 18.4. The first-order chi connectivity index (χ1) is 37.1. The van der Waals surface area contributed by atoms with E-state index < -0.39 is 0 Å². The summed E-state index contributed by atoms with van der Waals surface area (Å²) < 4.78 is 15.7. The highest BCUT2D eigenvalue weighted by molar-refractivity contribution is 6.13. The third-order valence-corrected chi connectivity index (χ3v) is 14.6. The lowest BCUT2D eigenvalue weighted by atomic mass is 9.96. The summed E-state index contributed by atoms with van der Waals surface area (Å²) in [6, 6.07) is 89.3. The second kappa shape index (κ2) is 17.3. The maximum absolute atomic E-state index is 6.74. The summed E-state index contributed by atoms with van der Waals surface area (Å²) in [5.41, 5.74) is 18.4. The van der Waals surface area contributed by atoms with Crippen molar-refractivity contribution in [2.45, 2.75) is 0 Å². The molecule has 4 aromatic heterocycles. The number of aromatic nitrogens is 4. The van der Waals surface area contributed by atoms with E-state index in [2.05, 4.69) is 199 Å². The predicted molar refractivity (Wildman–Crippen MR) is 307 cm³/mol. The normalized spacial score (nSPS) is 11.7. The third-order valence-electron chi connectivity index (χ3n) is 14.6. The molecule has 0 atom stereocenters. The van der Waals surface area contributed by atoms with Gasteiger partial charge in [0.15, 0.2) is 17.5 Å². The molecule has 350 valence electrons. The van der Waals surface area contributed by atoms with Crippen molar-refractivity contribution in [2.75, 3.05) is 0 Å². The number of para-hydroxylation sites is 2. The first-order valence-corrected chi connectivity index (χ1v) is 25.2. The molecule has 0 saturated carbocycles. The molecule has 0 spiro atoms. The summed E-state index contributed by atoms with van der Waals surface area (Å²) in [6.07, 6.45) is 0. The second-order valence-electron chi connectivity index (χ2n) is 19.1. The van der Waals surface area contributed by atoms with Crippen LogP contribution < -0.4 is 0 Å². The fourth-order valence-electron chi connectivity index (χ4n) is 11.0. The molecule has 15 aromatic rings. The second-order valence-corrected chi connectivity index (χ2v) is 19.1. The van der Waals surface area contributed by atoms with Crippen LogP contribution in [0.1, 0.15) is 0 Å². The Kier molecular flexibility index (Phi) is 9.78. The van der Waals surface area contributed by atoms with Gasteiger partial charge in [-0.3, -0.25) is 0 Å². The maximum Gasteiger partial charge on any atom is 0.164 e. The van der Waals surface area contributed by atoms with Gasteiger partial charge >= 0.3 is 0 Å². The highest BCUT2D eigenvalue weighted by Gasteiger charge is 2.19. The summed E-state index contributed by atoms with van der Waals surface area (Å²) in [5.74, 6) is 1.89. The molecule has 0 bridgehead atoms. The first kappa shape index (κ1) is 42.5. The largest absolute Gasteiger partial charge is 0.456 e. The van der Waals surface area contributed by atoms with E-state index in [-0.39, 0.29) is 0 Å². The van der Waals surface area contributed by atoms with Crippen molar-refractivity contribution in [3.63, 3.8) is 0 Å². The van der Waals surface area contributed by atoms with Crippen molar-refractivity contribution in [3.8, 4) is 84.4 Å². The highest BCUT2D eigenvalue weighted by atomic mass is 16.3. The van der Waals surface area contributed by atoms with Gasteiger partial charge in [-0.1, -0.05) is 182 Å². The van der Waals surface area contributed by atoms with Crippen LogP contribution in [0.2, 0.25) is 0 Å². The van der Waals surface area contributed by atoms with Gasteiger partial charge in [-0.05, 0) is 106 Å². The lowest BCUT2D eigenvalue weighted by Gasteiger charge is -2.09. The fraction of sp³-hybridized carbons (Fsp3) is 0. The molecule has 6 heteroatoms. The number of nitrogens with zero attached hydrogens (tertiary/aromatic N) is 4. The van der Waals surface area contributed by atoms with Gasteiger partial charge < -0.3 is 13.4 Å². The van der Waals surface area contributed by atoms with E-state index in [0.717, 1.165) is 111 Å². The van der Waals surface area contributed by atoms with Crippen LogP contribution in [0.3, 0.4) is 0 Å². The highest BCUT2D eigenvalue weighted by Crippen LogP contribution is 2.42. The van der Waals surface area contributed by atoms with Gasteiger partial charge in [-0.15, -0.1) is 0 Å². The molecular weight excluding hydrogens is 917 g/mol. The Hall–Kier alpha value is -10.2. The molecule has 0 aliphatic carbocycles. The van der Waals surface area contributed by atoms with E-state index in [4.69, 9.17) is 23.8 Å². The van der Waals surface area contributed by atoms with Crippen LogP contribution in [0.25, 0.3) is 150 Å². The number of furan rings is 2. The quantitative estimate of drug-likeness (QED) is 0.152. The molecule has 6 nitrogen and oxygen atoms in total. The van der Waals surface area contributed by atoms with E-state index in [1.54, 1.807) is 0 Å². The summed E-state index contributed by atoms with van der Waals surface area (Å²) in [6.45, 7) is 0. The zero-order valence-electron chi connectivity index (χ0n) is 40.4. The van der Waals surface area contributed by atoms with Gasteiger partial charge in [0.05, 0.1) is 11.0 Å². The van der Waals surface area contributed by atoms with E-state index in [0.29, 0.717) is 17.5 Å². The summed E-state index contributed by atoms with van der Waals surface area (Å²) in [4.78, 5) is 14.9. The molecule has 0 saturated heterocycles. The van der Waals surface area contributed by atoms with Crippen LogP contribution in [0.15, 0.2) is 264 Å². The Morgan fingerprint density at radius 2 is 0.733 bits per heavy atom. The summed E-state index contributed by atoms with van der Waals surface area (Å²) in [7, 11) is 0. The zero-order valence-corrected chi connectivity index (χ0v) is 40.4. The minimum atomic E-state index is 0.618. The Morgan fingerprint density at radius 3 is 1.44 bits per heavy atom. The van der Waals surface area contributed by atoms with Crippen LogP contribution in [0.4, 0.5) is 0 Å². The molecule has 75 heavy (non-hydrogen) atoms. The van der Waals surface area contributed by atoms with E-state index in [1.165, 1.54) is 21.9 Å². The number of hydrogen-bond donors (Lipinski definition) is 0. The monoisotopic (exact) mass is 958 g/mol. The van der Waals surface area contributed by atoms with Crippen molar-refractivity contribution in [1.82, 2.24) is 19.5 Å². The molecule has 0 unspecified atom stereocenters. The molecule has 0 aliphatic heterocycles. The Labute approximate surface area is 431 Å². The molecule has 0 amide bonds. The van der Waals surface area contributed by atoms with Crippen molar-refractivity contribution >= 4 is 65.7 Å². The van der Waals surface area contributed by atoms with Crippen molar-refractivity contribution in [3.05, 3.63) is 255 Å². The Balaban J connectivity index is 0.756. The van der Waals surface area contributed by atoms with Crippen LogP contribution in [-0.4, -0.2) is 19.5 Å². The Bertz CT molecular complexity index is 4650. The van der Waals surface area contributed by atoms with Gasteiger partial charge in [-0.25, -0.2) is 15.0 Å². The number of fused-ring (bicyclic) bond motifs is 9. The third kappa shape index (κ3) is 7.30. The molecule has 0 radical (unpaired) electrons. The minimum Gasteiger partial charge on any atom is -0.456 e. The van der Waals surface area contributed by atoms with Gasteiger partial charge in [-0.2, -0.15) is 0 Å². The first-order valence-electron chi connectivity index (χ1n) is 25.2. The van der Waals surface area contributed by atoms with Gasteiger partial charge in [0.1, 0.15) is 22.3 Å². The summed E-state index contributed by atoms with van der Waals surface area (Å²) >= 11 is 0. The Morgan fingerprint density at radius 1 is 0.253 bits per heavy atom. The molecule has 0 aliphatic rings. The van der Waals surface area contributed by atoms with Crippen LogP contribution in [0.5, 0.6) is 0 Å². The standard InChI is InChI=1S/C69H42N4O2/c1-4-15-43(16-5-1)48-29-34-62-58(39-48)55-25-10-11-28-61(55)73(62)53-32-33-56-59-40-49(30-35-63(59)74-65(56)42-53)46-21-12-23-51(37-46)54-26-14-27-57-60-41-50(31-36-64(60)75-66(54)57)47-22-13-24-52(38-47)69-71-67(44-17-6-2-7-18-44)70-68(72-69)45-19-8-3-9-20-45/h1-42H. The number of hydrogen-bond acceptors (Lipinski definition) is 5. The van der Waals surface area contributed by atoms with Gasteiger partial charge in [0, 0.05) is 66.3 Å². The van der Waals surface area contributed by atoms with Crippen molar-refractivity contribution in [1.29, 1.82) is 0 Å². The van der Waals surface area contributed by atoms with Crippen molar-refractivity contribution in [2.24, 2.45) is 0 Å². The zero-order chi connectivity index (χ0) is 49.4. The van der Waals surface area contributed by atoms with Crippen LogP contribution in [0, 0.1) is 0 Å². The molecule has 4 heterocycles. The summed E-state index contributed by atoms with van der Waals surface area (Å²) in [5, 5.41) is 6.72. The molecular formula is C69H42N4O2. The lowest BCUT2D eigenvalue weighted by molar-refractivity contribution is 0.668. The molecule has 0 fully saturated rings. The number of benzene rings is 11. The smallest absolute Gasteiger partial charge is 0.164 e. The molecule has 11 aromatic carbocycles. The lowest BCUT2D eigenvalue weighted by Crippen LogP contribution is -2.00. The van der Waals surface area contributed by atoms with Crippen LogP contribution >= 0.6 is 0 Å². The topological polar surface area (TPSA) is 69.9 Å². The average molecular weight is 959 g/mol. The van der Waals surface area contributed by atoms with Gasteiger partial charge in [0.25, 0.3) is 0 Å². The van der Waals surface area contributed by atoms with Crippen LogP contribution in [-0.2, 0) is 0 Å². The molecule has 15 rings (SSSR count). The van der Waals surface area contributed by atoms with E-state index in [9.17, 15) is 0 Å². The van der Waals surface area contributed by atoms with Crippen molar-refractivity contribution < 1.29 is 8.83 Å². The van der Waals surface area contributed by atoms with E-state index in [1.807, 2.05) is 60.7 Å². The SMILES string of the molecule is c1ccc(-c2ccc3c(c2)c2ccccc2n3-c2ccc3c(c2)oc2ccc(-c4cccc(-c5cccc6c5oc5ccc(-c7cccc(-c8nc(-c9ccccc9)nc(-c9ccccc9)n8)c7)cc56)c4)cc23)cc1. The number of rotatable bonds is 8. The average Bonchev–Trinajstić information content (AvgIpc) is 4.16. The molecule has 0 N–H and O–H groups in total. The fourth-order valence-corrected chi connectivity index (χ4v) is 11.0. The maximum atomic E-state index is 6.74. The van der Waals surface area contributed by atoms with Gasteiger partial charge in [0.2, 0.25) is 0 Å². The minimum absolute atomic E-state index is 0.618.